The Kier molecular flexibility index (Phi) is 2.82. The fourth-order valence-electron chi connectivity index (χ4n) is 2.14. The molecule has 3 N–H and O–H groups in total. The van der Waals surface area contributed by atoms with Gasteiger partial charge in [0.15, 0.2) is 0 Å². The Balaban J connectivity index is 1.93. The molecule has 0 radical (unpaired) electrons. The van der Waals surface area contributed by atoms with Gasteiger partial charge >= 0.3 is 0 Å². The van der Waals surface area contributed by atoms with Crippen molar-refractivity contribution in [2.75, 3.05) is 0 Å². The number of aryl methyl sites for hydroxylation is 2. The molecular formula is C13H14N4O. The van der Waals surface area contributed by atoms with Crippen LogP contribution in [-0.2, 0) is 19.4 Å². The topological polar surface area (TPSA) is 80.7 Å². The van der Waals surface area contributed by atoms with Gasteiger partial charge in [0.2, 0.25) is 0 Å². The molecule has 0 fully saturated rings. The number of fused-ring (bicyclic) bond motifs is 1. The first-order valence-corrected chi connectivity index (χ1v) is 5.91. The summed E-state index contributed by atoms with van der Waals surface area (Å²) in [6, 6.07) is 3.87. The highest BCUT2D eigenvalue weighted by Gasteiger charge is 2.10. The van der Waals surface area contributed by atoms with E-state index in [0.29, 0.717) is 6.54 Å². The lowest BCUT2D eigenvalue weighted by molar-refractivity contribution is 0.508. The minimum Gasteiger partial charge on any atom is -0.469 e. The second kappa shape index (κ2) is 4.62. The maximum Gasteiger partial charge on any atom is 0.141 e. The fraction of sp³-hybridized carbons (Fsp3) is 0.231. The number of hydrogen-bond acceptors (Lipinski definition) is 4. The molecule has 0 saturated carbocycles. The first-order chi connectivity index (χ1) is 8.88. The number of nitrogens with one attached hydrogen (secondary N) is 1. The molecule has 3 aromatic heterocycles. The van der Waals surface area contributed by atoms with Crippen molar-refractivity contribution in [2.45, 2.75) is 19.4 Å². The van der Waals surface area contributed by atoms with Gasteiger partial charge < -0.3 is 15.1 Å². The van der Waals surface area contributed by atoms with Crippen LogP contribution in [0.25, 0.3) is 11.0 Å². The Hall–Kier alpha value is -2.14. The van der Waals surface area contributed by atoms with E-state index in [1.807, 2.05) is 18.3 Å². The van der Waals surface area contributed by atoms with E-state index in [-0.39, 0.29) is 0 Å². The number of nitrogens with zero attached hydrogens (tertiary/aromatic N) is 2. The van der Waals surface area contributed by atoms with E-state index in [4.69, 9.17) is 10.2 Å². The van der Waals surface area contributed by atoms with Gasteiger partial charge in [-0.25, -0.2) is 9.97 Å². The maximum absolute atomic E-state index is 5.73. The zero-order valence-corrected chi connectivity index (χ0v) is 9.89. The van der Waals surface area contributed by atoms with E-state index in [9.17, 15) is 0 Å². The first-order valence-electron chi connectivity index (χ1n) is 5.91. The van der Waals surface area contributed by atoms with Gasteiger partial charge in [0, 0.05) is 24.5 Å². The molecule has 0 aliphatic carbocycles. The van der Waals surface area contributed by atoms with Crippen molar-refractivity contribution in [1.29, 1.82) is 0 Å². The molecule has 0 atom stereocenters. The lowest BCUT2D eigenvalue weighted by Crippen LogP contribution is -2.00. The molecule has 0 bridgehead atoms. The molecule has 3 heterocycles. The molecule has 0 saturated heterocycles. The summed E-state index contributed by atoms with van der Waals surface area (Å²) in [5.74, 6) is 0.964. The summed E-state index contributed by atoms with van der Waals surface area (Å²) in [5.41, 5.74) is 8.64. The van der Waals surface area contributed by atoms with E-state index in [1.54, 1.807) is 12.6 Å². The zero-order chi connectivity index (χ0) is 12.4. The third kappa shape index (κ3) is 1.89. The van der Waals surface area contributed by atoms with Gasteiger partial charge in [-0.2, -0.15) is 0 Å². The Morgan fingerprint density at radius 3 is 3.00 bits per heavy atom. The summed E-state index contributed by atoms with van der Waals surface area (Å²) in [4.78, 5) is 11.7. The molecular weight excluding hydrogens is 228 g/mol. The van der Waals surface area contributed by atoms with Crippen molar-refractivity contribution < 1.29 is 4.42 Å². The van der Waals surface area contributed by atoms with Crippen molar-refractivity contribution in [3.63, 3.8) is 0 Å². The van der Waals surface area contributed by atoms with Crippen LogP contribution in [-0.4, -0.2) is 15.0 Å². The molecule has 0 aliphatic heterocycles. The summed E-state index contributed by atoms with van der Waals surface area (Å²) < 4.78 is 5.33. The molecule has 0 aliphatic rings. The fourth-order valence-corrected chi connectivity index (χ4v) is 2.14. The van der Waals surface area contributed by atoms with E-state index < -0.39 is 0 Å². The minimum atomic E-state index is 0.487. The number of furan rings is 1. The zero-order valence-electron chi connectivity index (χ0n) is 9.89. The molecule has 0 aromatic carbocycles. The van der Waals surface area contributed by atoms with Gasteiger partial charge in [-0.15, -0.1) is 0 Å². The smallest absolute Gasteiger partial charge is 0.141 e. The van der Waals surface area contributed by atoms with Crippen LogP contribution in [0, 0.1) is 0 Å². The van der Waals surface area contributed by atoms with E-state index in [1.165, 1.54) is 0 Å². The SMILES string of the molecule is NCc1c[nH]c2ncnc(CCc3ccco3)c12. The average molecular weight is 242 g/mol. The summed E-state index contributed by atoms with van der Waals surface area (Å²) in [7, 11) is 0. The molecule has 5 heteroatoms. The molecule has 0 amide bonds. The monoisotopic (exact) mass is 242 g/mol. The van der Waals surface area contributed by atoms with Crippen molar-refractivity contribution >= 4 is 11.0 Å². The van der Waals surface area contributed by atoms with Crippen LogP contribution < -0.4 is 5.73 Å². The molecule has 18 heavy (non-hydrogen) atoms. The Bertz CT molecular complexity index is 642. The number of nitrogens with two attached hydrogens (primary N) is 1. The van der Waals surface area contributed by atoms with Crippen molar-refractivity contribution in [1.82, 2.24) is 15.0 Å². The maximum atomic E-state index is 5.73. The summed E-state index contributed by atoms with van der Waals surface area (Å²) >= 11 is 0. The number of hydrogen-bond donors (Lipinski definition) is 2. The van der Waals surface area contributed by atoms with Crippen molar-refractivity contribution in [3.05, 3.63) is 47.9 Å². The molecule has 0 unspecified atom stereocenters. The first kappa shape index (κ1) is 11.0. The lowest BCUT2D eigenvalue weighted by atomic mass is 10.1. The van der Waals surface area contributed by atoms with Crippen molar-refractivity contribution in [3.8, 4) is 0 Å². The van der Waals surface area contributed by atoms with Crippen LogP contribution >= 0.6 is 0 Å². The normalized spacial score (nSPS) is 11.2. The highest BCUT2D eigenvalue weighted by atomic mass is 16.3. The van der Waals surface area contributed by atoms with E-state index in [2.05, 4.69) is 15.0 Å². The number of rotatable bonds is 4. The van der Waals surface area contributed by atoms with Gasteiger partial charge in [-0.1, -0.05) is 0 Å². The summed E-state index contributed by atoms with van der Waals surface area (Å²) in [6.07, 6.45) is 6.81. The van der Waals surface area contributed by atoms with Gasteiger partial charge in [-0.05, 0) is 24.1 Å². The molecule has 92 valence electrons. The Labute approximate surface area is 104 Å². The summed E-state index contributed by atoms with van der Waals surface area (Å²) in [5, 5.41) is 1.05. The van der Waals surface area contributed by atoms with Crippen LogP contribution in [0.15, 0.2) is 35.3 Å². The molecule has 5 nitrogen and oxygen atoms in total. The van der Waals surface area contributed by atoms with E-state index >= 15 is 0 Å². The van der Waals surface area contributed by atoms with E-state index in [0.717, 1.165) is 40.9 Å². The summed E-state index contributed by atoms with van der Waals surface area (Å²) in [6.45, 7) is 0.487. The Morgan fingerprint density at radius 2 is 2.22 bits per heavy atom. The van der Waals surface area contributed by atoms with Crippen LogP contribution in [0.4, 0.5) is 0 Å². The number of aromatic amines is 1. The van der Waals surface area contributed by atoms with Crippen LogP contribution in [0.1, 0.15) is 17.0 Å². The van der Waals surface area contributed by atoms with Gasteiger partial charge in [0.05, 0.1) is 12.0 Å². The van der Waals surface area contributed by atoms with Crippen LogP contribution in [0.5, 0.6) is 0 Å². The standard InChI is InChI=1S/C13H14N4O/c14-6-9-7-15-13-12(9)11(16-8-17-13)4-3-10-2-1-5-18-10/h1-2,5,7-8H,3-4,6,14H2,(H,15,16,17). The Morgan fingerprint density at radius 1 is 1.28 bits per heavy atom. The molecule has 3 rings (SSSR count). The second-order valence-corrected chi connectivity index (χ2v) is 4.14. The third-order valence-electron chi connectivity index (χ3n) is 3.04. The highest BCUT2D eigenvalue weighted by Crippen LogP contribution is 2.20. The third-order valence-corrected chi connectivity index (χ3v) is 3.04. The van der Waals surface area contributed by atoms with Crippen LogP contribution in [0.2, 0.25) is 0 Å². The number of aromatic nitrogens is 3. The minimum absolute atomic E-state index is 0.487. The molecule has 3 aromatic rings. The molecule has 0 spiro atoms. The van der Waals surface area contributed by atoms with Gasteiger partial charge in [0.25, 0.3) is 0 Å². The largest absolute Gasteiger partial charge is 0.469 e. The second-order valence-electron chi connectivity index (χ2n) is 4.14. The predicted octanol–water partition coefficient (Wildman–Crippen LogP) is 1.79. The quantitative estimate of drug-likeness (QED) is 0.731. The predicted molar refractivity (Wildman–Crippen MR) is 67.9 cm³/mol. The average Bonchev–Trinajstić information content (AvgIpc) is 3.05. The van der Waals surface area contributed by atoms with Gasteiger partial charge in [0.1, 0.15) is 17.7 Å². The van der Waals surface area contributed by atoms with Gasteiger partial charge in [-0.3, -0.25) is 0 Å². The highest BCUT2D eigenvalue weighted by molar-refractivity contribution is 5.82. The number of H-pyrrole nitrogens is 1. The lowest BCUT2D eigenvalue weighted by Gasteiger charge is -2.02. The van der Waals surface area contributed by atoms with Crippen LogP contribution in [0.3, 0.4) is 0 Å². The van der Waals surface area contributed by atoms with Crippen molar-refractivity contribution in [2.24, 2.45) is 5.73 Å².